The van der Waals surface area contributed by atoms with E-state index in [2.05, 4.69) is 33.0 Å². The molecule has 13 heavy (non-hydrogen) atoms. The molecule has 1 aliphatic rings. The number of nitrogens with one attached hydrogen (secondary N) is 1. The number of hydrogen-bond acceptors (Lipinski definition) is 1. The molecule has 76 valence electrons. The van der Waals surface area contributed by atoms with Crippen LogP contribution >= 0.6 is 0 Å². The van der Waals surface area contributed by atoms with Crippen LogP contribution in [0.5, 0.6) is 0 Å². The van der Waals surface area contributed by atoms with E-state index >= 15 is 0 Å². The van der Waals surface area contributed by atoms with E-state index in [9.17, 15) is 4.79 Å². The third kappa shape index (κ3) is 2.36. The first-order chi connectivity index (χ1) is 5.93. The van der Waals surface area contributed by atoms with Gasteiger partial charge in [0.2, 0.25) is 0 Å². The molecular weight excluding hydrogens is 164 g/mol. The fraction of sp³-hybridized carbons (Fsp3) is 0.900. The van der Waals surface area contributed by atoms with Crippen molar-refractivity contribution >= 4 is 6.03 Å². The average molecular weight is 184 g/mol. The second-order valence-corrected chi connectivity index (χ2v) is 4.82. The minimum absolute atomic E-state index is 0.0914. The van der Waals surface area contributed by atoms with Crippen LogP contribution in [-0.2, 0) is 0 Å². The topological polar surface area (TPSA) is 32.3 Å². The van der Waals surface area contributed by atoms with Crippen molar-refractivity contribution < 1.29 is 4.79 Å². The Balaban J connectivity index is 2.64. The number of rotatable bonds is 1. The molecule has 3 nitrogen and oxygen atoms in total. The number of carbonyl (C=O) groups excluding carboxylic acids is 1. The van der Waals surface area contributed by atoms with Gasteiger partial charge in [0.15, 0.2) is 0 Å². The smallest absolute Gasteiger partial charge is 0.317 e. The Bertz CT molecular complexity index is 196. The first-order valence-electron chi connectivity index (χ1n) is 4.97. The zero-order valence-corrected chi connectivity index (χ0v) is 9.05. The fourth-order valence-electron chi connectivity index (χ4n) is 1.48. The number of urea groups is 1. The van der Waals surface area contributed by atoms with Gasteiger partial charge in [-0.2, -0.15) is 0 Å². The minimum Gasteiger partial charge on any atom is -0.338 e. The number of carbonyl (C=O) groups is 1. The Kier molecular flexibility index (Phi) is 2.84. The highest BCUT2D eigenvalue weighted by atomic mass is 16.2. The van der Waals surface area contributed by atoms with Gasteiger partial charge in [-0.15, -0.1) is 0 Å². The maximum atomic E-state index is 11.5. The molecule has 0 aromatic rings. The summed E-state index contributed by atoms with van der Waals surface area (Å²) < 4.78 is 0. The van der Waals surface area contributed by atoms with Crippen LogP contribution in [0.3, 0.4) is 0 Å². The predicted molar refractivity (Wildman–Crippen MR) is 53.6 cm³/mol. The normalized spacial score (nSPS) is 21.2. The predicted octanol–water partition coefficient (Wildman–Crippen LogP) is 1.84. The standard InChI is InChI=1S/C10H20N2O/c1-8(10(2,3)4)12-7-5-6-11-9(12)13/h8H,5-7H2,1-4H3,(H,11,13). The quantitative estimate of drug-likeness (QED) is 0.662. The molecule has 1 saturated heterocycles. The lowest BCUT2D eigenvalue weighted by Crippen LogP contribution is -2.53. The van der Waals surface area contributed by atoms with Gasteiger partial charge in [0, 0.05) is 19.1 Å². The monoisotopic (exact) mass is 184 g/mol. The van der Waals surface area contributed by atoms with Crippen molar-refractivity contribution in [3.63, 3.8) is 0 Å². The van der Waals surface area contributed by atoms with Crippen LogP contribution in [0.25, 0.3) is 0 Å². The molecule has 1 heterocycles. The van der Waals surface area contributed by atoms with Crippen molar-refractivity contribution in [1.82, 2.24) is 10.2 Å². The summed E-state index contributed by atoms with van der Waals surface area (Å²) in [6.07, 6.45) is 1.06. The van der Waals surface area contributed by atoms with E-state index in [1.807, 2.05) is 4.90 Å². The molecule has 3 heteroatoms. The molecule has 1 rings (SSSR count). The van der Waals surface area contributed by atoms with E-state index in [4.69, 9.17) is 0 Å². The van der Waals surface area contributed by atoms with Crippen LogP contribution in [0, 0.1) is 5.41 Å². The molecule has 0 radical (unpaired) electrons. The molecule has 0 aromatic carbocycles. The number of amides is 2. The van der Waals surface area contributed by atoms with Gasteiger partial charge in [0.1, 0.15) is 0 Å². The highest BCUT2D eigenvalue weighted by Gasteiger charge is 2.30. The van der Waals surface area contributed by atoms with E-state index in [-0.39, 0.29) is 11.4 Å². The Labute approximate surface area is 80.5 Å². The lowest BCUT2D eigenvalue weighted by atomic mass is 9.87. The molecule has 1 aliphatic heterocycles. The van der Waals surface area contributed by atoms with Gasteiger partial charge in [-0.1, -0.05) is 20.8 Å². The lowest BCUT2D eigenvalue weighted by molar-refractivity contribution is 0.116. The van der Waals surface area contributed by atoms with Crippen molar-refractivity contribution in [2.45, 2.75) is 40.2 Å². The Hall–Kier alpha value is -0.730. The molecule has 1 N–H and O–H groups in total. The van der Waals surface area contributed by atoms with Crippen molar-refractivity contribution in [3.8, 4) is 0 Å². The Morgan fingerprint density at radius 1 is 1.46 bits per heavy atom. The van der Waals surface area contributed by atoms with Crippen LogP contribution in [0.2, 0.25) is 0 Å². The summed E-state index contributed by atoms with van der Waals surface area (Å²) in [6.45, 7) is 10.3. The molecule has 2 amide bonds. The van der Waals surface area contributed by atoms with Crippen molar-refractivity contribution in [1.29, 1.82) is 0 Å². The number of nitrogens with zero attached hydrogens (tertiary/aromatic N) is 1. The van der Waals surface area contributed by atoms with E-state index in [1.165, 1.54) is 0 Å². The van der Waals surface area contributed by atoms with Gasteiger partial charge in [0.05, 0.1) is 0 Å². The number of hydrogen-bond donors (Lipinski definition) is 1. The van der Waals surface area contributed by atoms with Crippen molar-refractivity contribution in [2.24, 2.45) is 5.41 Å². The summed E-state index contributed by atoms with van der Waals surface area (Å²) in [5.74, 6) is 0. The lowest BCUT2D eigenvalue weighted by Gasteiger charge is -2.39. The summed E-state index contributed by atoms with van der Waals surface area (Å²) >= 11 is 0. The fourth-order valence-corrected chi connectivity index (χ4v) is 1.48. The third-order valence-corrected chi connectivity index (χ3v) is 2.83. The van der Waals surface area contributed by atoms with Crippen molar-refractivity contribution in [3.05, 3.63) is 0 Å². The molecule has 0 saturated carbocycles. The van der Waals surface area contributed by atoms with Crippen molar-refractivity contribution in [2.75, 3.05) is 13.1 Å². The van der Waals surface area contributed by atoms with Crippen LogP contribution < -0.4 is 5.32 Å². The average Bonchev–Trinajstić information content (AvgIpc) is 2.02. The zero-order valence-electron chi connectivity index (χ0n) is 9.05. The molecular formula is C10H20N2O. The first kappa shape index (κ1) is 10.4. The summed E-state index contributed by atoms with van der Waals surface area (Å²) in [5.41, 5.74) is 0.161. The van der Waals surface area contributed by atoms with Gasteiger partial charge in [-0.25, -0.2) is 4.79 Å². The van der Waals surface area contributed by atoms with E-state index in [0.717, 1.165) is 19.5 Å². The van der Waals surface area contributed by atoms with Crippen LogP contribution in [0.4, 0.5) is 4.79 Å². The molecule has 0 aromatic heterocycles. The third-order valence-electron chi connectivity index (χ3n) is 2.83. The highest BCUT2D eigenvalue weighted by molar-refractivity contribution is 5.75. The second-order valence-electron chi connectivity index (χ2n) is 4.82. The maximum absolute atomic E-state index is 11.5. The largest absolute Gasteiger partial charge is 0.338 e. The van der Waals surface area contributed by atoms with Crippen LogP contribution in [0.15, 0.2) is 0 Å². The first-order valence-corrected chi connectivity index (χ1v) is 4.97. The van der Waals surface area contributed by atoms with Gasteiger partial charge in [-0.3, -0.25) is 0 Å². The van der Waals surface area contributed by atoms with E-state index in [0.29, 0.717) is 6.04 Å². The molecule has 0 spiro atoms. The molecule has 0 aliphatic carbocycles. The van der Waals surface area contributed by atoms with Crippen LogP contribution in [0.1, 0.15) is 34.1 Å². The minimum atomic E-state index is 0.0914. The van der Waals surface area contributed by atoms with Gasteiger partial charge < -0.3 is 10.2 Å². The maximum Gasteiger partial charge on any atom is 0.317 e. The molecule has 1 unspecified atom stereocenters. The summed E-state index contributed by atoms with van der Waals surface area (Å²) in [7, 11) is 0. The van der Waals surface area contributed by atoms with E-state index in [1.54, 1.807) is 0 Å². The molecule has 1 atom stereocenters. The highest BCUT2D eigenvalue weighted by Crippen LogP contribution is 2.24. The summed E-state index contributed by atoms with van der Waals surface area (Å²) in [6, 6.07) is 0.390. The van der Waals surface area contributed by atoms with Gasteiger partial charge in [-0.05, 0) is 18.8 Å². The molecule has 0 bridgehead atoms. The van der Waals surface area contributed by atoms with Gasteiger partial charge >= 0.3 is 6.03 Å². The SMILES string of the molecule is CC(N1CCCNC1=O)C(C)(C)C. The second kappa shape index (κ2) is 3.56. The summed E-state index contributed by atoms with van der Waals surface area (Å²) in [4.78, 5) is 13.4. The Morgan fingerprint density at radius 2 is 2.08 bits per heavy atom. The van der Waals surface area contributed by atoms with Gasteiger partial charge in [0.25, 0.3) is 0 Å². The Morgan fingerprint density at radius 3 is 2.54 bits per heavy atom. The van der Waals surface area contributed by atoms with Crippen LogP contribution in [-0.4, -0.2) is 30.1 Å². The summed E-state index contributed by atoms with van der Waals surface area (Å²) in [5, 5.41) is 2.87. The zero-order chi connectivity index (χ0) is 10.1. The van der Waals surface area contributed by atoms with E-state index < -0.39 is 0 Å². The molecule has 1 fully saturated rings.